The van der Waals surface area contributed by atoms with E-state index < -0.39 is 0 Å². The Hall–Kier alpha value is -1.68. The smallest absolute Gasteiger partial charge is 0.133 e. The van der Waals surface area contributed by atoms with Gasteiger partial charge in [-0.1, -0.05) is 18.2 Å². The fourth-order valence-electron chi connectivity index (χ4n) is 1.66. The highest BCUT2D eigenvalue weighted by molar-refractivity contribution is 9.10. The molecule has 0 spiro atoms. The second-order valence-electron chi connectivity index (χ2n) is 3.94. The molecule has 0 aromatic heterocycles. The molecule has 19 heavy (non-hydrogen) atoms. The van der Waals surface area contributed by atoms with Crippen molar-refractivity contribution in [3.63, 3.8) is 0 Å². The summed E-state index contributed by atoms with van der Waals surface area (Å²) in [6.07, 6.45) is 0. The van der Waals surface area contributed by atoms with Crippen LogP contribution in [0.5, 0.6) is 11.5 Å². The van der Waals surface area contributed by atoms with Crippen LogP contribution in [-0.2, 0) is 0 Å². The number of benzene rings is 2. The number of methoxy groups -OCH3 is 1. The first-order valence-electron chi connectivity index (χ1n) is 6.05. The third-order valence-electron chi connectivity index (χ3n) is 2.59. The van der Waals surface area contributed by atoms with Crippen LogP contribution in [0.3, 0.4) is 0 Å². The van der Waals surface area contributed by atoms with Gasteiger partial charge in [-0.3, -0.25) is 0 Å². The molecule has 2 aromatic rings. The first kappa shape index (κ1) is 13.7. The summed E-state index contributed by atoms with van der Waals surface area (Å²) in [5.41, 5.74) is 1.03. The van der Waals surface area contributed by atoms with Gasteiger partial charge >= 0.3 is 0 Å². The molecule has 100 valence electrons. The summed E-state index contributed by atoms with van der Waals surface area (Å²) in [5.74, 6) is 1.71. The van der Waals surface area contributed by atoms with Crippen LogP contribution < -0.4 is 14.8 Å². The Morgan fingerprint density at radius 3 is 2.58 bits per heavy atom. The number of ether oxygens (including phenoxy) is 2. The van der Waals surface area contributed by atoms with E-state index in [1.54, 1.807) is 7.11 Å². The number of hydrogen-bond donors (Lipinski definition) is 1. The minimum atomic E-state index is 0.619. The zero-order chi connectivity index (χ0) is 13.5. The lowest BCUT2D eigenvalue weighted by Crippen LogP contribution is -2.11. The van der Waals surface area contributed by atoms with Crippen molar-refractivity contribution < 1.29 is 9.47 Å². The fourth-order valence-corrected chi connectivity index (χ4v) is 2.20. The molecule has 0 unspecified atom stereocenters. The number of anilines is 1. The van der Waals surface area contributed by atoms with Crippen molar-refractivity contribution in [3.05, 3.63) is 53.0 Å². The highest BCUT2D eigenvalue weighted by atomic mass is 79.9. The average molecular weight is 322 g/mol. The van der Waals surface area contributed by atoms with Gasteiger partial charge in [0.05, 0.1) is 11.6 Å². The van der Waals surface area contributed by atoms with Crippen LogP contribution in [0, 0.1) is 0 Å². The van der Waals surface area contributed by atoms with Crippen molar-refractivity contribution in [2.45, 2.75) is 0 Å². The summed E-state index contributed by atoms with van der Waals surface area (Å²) in [6.45, 7) is 1.36. The first-order chi connectivity index (χ1) is 9.29. The molecule has 0 saturated heterocycles. The number of halogens is 1. The van der Waals surface area contributed by atoms with E-state index >= 15 is 0 Å². The topological polar surface area (TPSA) is 30.5 Å². The summed E-state index contributed by atoms with van der Waals surface area (Å²) >= 11 is 3.46. The highest BCUT2D eigenvalue weighted by Crippen LogP contribution is 2.27. The van der Waals surface area contributed by atoms with Gasteiger partial charge in [-0.05, 0) is 46.3 Å². The largest absolute Gasteiger partial charge is 0.496 e. The van der Waals surface area contributed by atoms with Gasteiger partial charge in [0.25, 0.3) is 0 Å². The molecule has 1 N–H and O–H groups in total. The van der Waals surface area contributed by atoms with Crippen LogP contribution in [0.2, 0.25) is 0 Å². The number of para-hydroxylation sites is 1. The normalized spacial score (nSPS) is 10.0. The van der Waals surface area contributed by atoms with Crippen molar-refractivity contribution >= 4 is 21.6 Å². The molecular weight excluding hydrogens is 306 g/mol. The first-order valence-corrected chi connectivity index (χ1v) is 6.84. The predicted octanol–water partition coefficient (Wildman–Crippen LogP) is 3.95. The van der Waals surface area contributed by atoms with Gasteiger partial charge in [-0.15, -0.1) is 0 Å². The summed E-state index contributed by atoms with van der Waals surface area (Å²) < 4.78 is 11.7. The van der Waals surface area contributed by atoms with Crippen molar-refractivity contribution in [2.75, 3.05) is 25.6 Å². The van der Waals surface area contributed by atoms with Crippen molar-refractivity contribution in [2.24, 2.45) is 0 Å². The standard InChI is InChI=1S/C15H16BrNO2/c1-18-15-8-7-12(11-14(15)16)17-9-10-19-13-5-3-2-4-6-13/h2-8,11,17H,9-10H2,1H3. The molecule has 4 heteroatoms. The molecule has 0 radical (unpaired) electrons. The molecule has 0 aliphatic heterocycles. The van der Waals surface area contributed by atoms with Crippen molar-refractivity contribution in [1.29, 1.82) is 0 Å². The zero-order valence-electron chi connectivity index (χ0n) is 10.7. The molecule has 0 amide bonds. The molecule has 2 rings (SSSR count). The van der Waals surface area contributed by atoms with Crippen LogP contribution in [0.4, 0.5) is 5.69 Å². The molecule has 2 aromatic carbocycles. The van der Waals surface area contributed by atoms with Gasteiger partial charge in [0.15, 0.2) is 0 Å². The van der Waals surface area contributed by atoms with Gasteiger partial charge < -0.3 is 14.8 Å². The van der Waals surface area contributed by atoms with Gasteiger partial charge in [0.2, 0.25) is 0 Å². The van der Waals surface area contributed by atoms with Gasteiger partial charge in [-0.25, -0.2) is 0 Å². The lowest BCUT2D eigenvalue weighted by Gasteiger charge is -2.10. The maximum atomic E-state index is 5.60. The van der Waals surface area contributed by atoms with Crippen molar-refractivity contribution in [3.8, 4) is 11.5 Å². The van der Waals surface area contributed by atoms with Crippen LogP contribution in [0.25, 0.3) is 0 Å². The van der Waals surface area contributed by atoms with Gasteiger partial charge in [0.1, 0.15) is 18.1 Å². The second kappa shape index (κ2) is 7.04. The Morgan fingerprint density at radius 1 is 1.11 bits per heavy atom. The van der Waals surface area contributed by atoms with E-state index in [1.807, 2.05) is 48.5 Å². The summed E-state index contributed by atoms with van der Waals surface area (Å²) in [6, 6.07) is 15.7. The zero-order valence-corrected chi connectivity index (χ0v) is 12.3. The molecular formula is C15H16BrNO2. The molecule has 0 saturated carbocycles. The minimum Gasteiger partial charge on any atom is -0.496 e. The summed E-state index contributed by atoms with van der Waals surface area (Å²) in [5, 5.41) is 3.30. The second-order valence-corrected chi connectivity index (χ2v) is 4.79. The van der Waals surface area contributed by atoms with Crippen molar-refractivity contribution in [1.82, 2.24) is 0 Å². The Kier molecular flexibility index (Phi) is 5.10. The van der Waals surface area contributed by atoms with E-state index in [0.29, 0.717) is 6.61 Å². The Morgan fingerprint density at radius 2 is 1.89 bits per heavy atom. The molecule has 0 aliphatic carbocycles. The van der Waals surface area contributed by atoms with Crippen LogP contribution in [0.15, 0.2) is 53.0 Å². The van der Waals surface area contributed by atoms with E-state index in [4.69, 9.17) is 9.47 Å². The van der Waals surface area contributed by atoms with E-state index in [2.05, 4.69) is 21.2 Å². The van der Waals surface area contributed by atoms with Gasteiger partial charge in [-0.2, -0.15) is 0 Å². The maximum absolute atomic E-state index is 5.60. The van der Waals surface area contributed by atoms with Crippen LogP contribution in [-0.4, -0.2) is 20.3 Å². The predicted molar refractivity (Wildman–Crippen MR) is 81.1 cm³/mol. The Balaban J connectivity index is 1.78. The van der Waals surface area contributed by atoms with E-state index in [-0.39, 0.29) is 0 Å². The number of hydrogen-bond acceptors (Lipinski definition) is 3. The summed E-state index contributed by atoms with van der Waals surface area (Å²) in [4.78, 5) is 0. The van der Waals surface area contributed by atoms with E-state index in [9.17, 15) is 0 Å². The Labute approximate surface area is 121 Å². The van der Waals surface area contributed by atoms with Crippen LogP contribution >= 0.6 is 15.9 Å². The SMILES string of the molecule is COc1ccc(NCCOc2ccccc2)cc1Br. The highest BCUT2D eigenvalue weighted by Gasteiger charge is 2.00. The lowest BCUT2D eigenvalue weighted by atomic mass is 10.3. The van der Waals surface area contributed by atoms with E-state index in [1.165, 1.54) is 0 Å². The minimum absolute atomic E-state index is 0.619. The van der Waals surface area contributed by atoms with Crippen LogP contribution in [0.1, 0.15) is 0 Å². The maximum Gasteiger partial charge on any atom is 0.133 e. The Bertz CT molecular complexity index is 517. The molecule has 0 atom stereocenters. The summed E-state index contributed by atoms with van der Waals surface area (Å²) in [7, 11) is 1.65. The monoisotopic (exact) mass is 321 g/mol. The molecule has 3 nitrogen and oxygen atoms in total. The molecule has 0 heterocycles. The molecule has 0 fully saturated rings. The molecule has 0 bridgehead atoms. The quantitative estimate of drug-likeness (QED) is 0.817. The van der Waals surface area contributed by atoms with Gasteiger partial charge in [0, 0.05) is 12.2 Å². The number of rotatable bonds is 6. The number of nitrogens with one attached hydrogen (secondary N) is 1. The average Bonchev–Trinajstić information content (AvgIpc) is 2.45. The molecule has 0 aliphatic rings. The lowest BCUT2D eigenvalue weighted by molar-refractivity contribution is 0.333. The fraction of sp³-hybridized carbons (Fsp3) is 0.200. The third-order valence-corrected chi connectivity index (χ3v) is 3.21. The third kappa shape index (κ3) is 4.17. The van der Waals surface area contributed by atoms with E-state index in [0.717, 1.165) is 28.2 Å².